The van der Waals surface area contributed by atoms with Crippen LogP contribution in [0.1, 0.15) is 16.1 Å². The van der Waals surface area contributed by atoms with E-state index in [1.165, 1.54) is 6.26 Å². The summed E-state index contributed by atoms with van der Waals surface area (Å²) in [5, 5.41) is 12.7. The Morgan fingerprint density at radius 3 is 2.88 bits per heavy atom. The zero-order chi connectivity index (χ0) is 11.7. The molecular formula is C11H16N2O3. The maximum Gasteiger partial charge on any atom is 0.257 e. The van der Waals surface area contributed by atoms with Crippen molar-refractivity contribution in [2.75, 3.05) is 20.1 Å². The van der Waals surface area contributed by atoms with Crippen molar-refractivity contribution in [3.05, 3.63) is 23.7 Å². The number of hydrogen-bond acceptors (Lipinski definition) is 4. The molecular weight excluding hydrogens is 208 g/mol. The molecule has 0 spiro atoms. The van der Waals surface area contributed by atoms with Crippen molar-refractivity contribution in [1.29, 1.82) is 0 Å². The lowest BCUT2D eigenvalue weighted by atomic mass is 10.1. The van der Waals surface area contributed by atoms with Crippen LogP contribution in [0.3, 0.4) is 0 Å². The average Bonchev–Trinajstić information content (AvgIpc) is 2.85. The highest BCUT2D eigenvalue weighted by Crippen LogP contribution is 2.14. The molecule has 1 aromatic rings. The Kier molecular flexibility index (Phi) is 2.98. The molecule has 5 nitrogen and oxygen atoms in total. The third kappa shape index (κ3) is 1.96. The number of amides is 1. The molecule has 1 aromatic heterocycles. The van der Waals surface area contributed by atoms with E-state index in [9.17, 15) is 9.90 Å². The second-order valence-electron chi connectivity index (χ2n) is 4.16. The van der Waals surface area contributed by atoms with Crippen LogP contribution in [0.2, 0.25) is 0 Å². The van der Waals surface area contributed by atoms with Crippen molar-refractivity contribution in [1.82, 2.24) is 10.2 Å². The van der Waals surface area contributed by atoms with Crippen molar-refractivity contribution in [3.8, 4) is 0 Å². The number of likely N-dealkylation sites (N-methyl/N-ethyl adjacent to an activating group) is 1. The van der Waals surface area contributed by atoms with Crippen LogP contribution >= 0.6 is 0 Å². The van der Waals surface area contributed by atoms with Gasteiger partial charge in [-0.15, -0.1) is 0 Å². The highest BCUT2D eigenvalue weighted by Gasteiger charge is 2.31. The lowest BCUT2D eigenvalue weighted by molar-refractivity contribution is 0.0580. The maximum atomic E-state index is 12.0. The number of hydrogen-bond donors (Lipinski definition) is 2. The maximum absolute atomic E-state index is 12.0. The Bertz CT molecular complexity index is 388. The van der Waals surface area contributed by atoms with Gasteiger partial charge in [0.15, 0.2) is 0 Å². The second-order valence-corrected chi connectivity index (χ2v) is 4.16. The molecule has 1 aliphatic rings. The van der Waals surface area contributed by atoms with E-state index in [1.54, 1.807) is 24.9 Å². The van der Waals surface area contributed by atoms with Crippen LogP contribution in [-0.4, -0.2) is 48.2 Å². The van der Waals surface area contributed by atoms with Crippen molar-refractivity contribution in [3.63, 3.8) is 0 Å². The molecule has 5 heteroatoms. The molecule has 16 heavy (non-hydrogen) atoms. The zero-order valence-electron chi connectivity index (χ0n) is 9.43. The van der Waals surface area contributed by atoms with E-state index < -0.39 is 6.10 Å². The van der Waals surface area contributed by atoms with E-state index in [2.05, 4.69) is 5.32 Å². The van der Waals surface area contributed by atoms with Crippen molar-refractivity contribution in [2.45, 2.75) is 19.1 Å². The van der Waals surface area contributed by atoms with Gasteiger partial charge < -0.3 is 19.7 Å². The van der Waals surface area contributed by atoms with E-state index >= 15 is 0 Å². The second kappa shape index (κ2) is 4.27. The molecule has 0 saturated carbocycles. The first-order valence-corrected chi connectivity index (χ1v) is 5.30. The monoisotopic (exact) mass is 224 g/mol. The first kappa shape index (κ1) is 11.2. The molecule has 2 heterocycles. The third-order valence-corrected chi connectivity index (χ3v) is 2.95. The van der Waals surface area contributed by atoms with E-state index in [0.717, 1.165) is 0 Å². The molecule has 2 N–H and O–H groups in total. The van der Waals surface area contributed by atoms with Crippen LogP contribution in [-0.2, 0) is 0 Å². The average molecular weight is 224 g/mol. The minimum Gasteiger partial charge on any atom is -0.469 e. The van der Waals surface area contributed by atoms with E-state index in [0.29, 0.717) is 24.4 Å². The van der Waals surface area contributed by atoms with Gasteiger partial charge >= 0.3 is 0 Å². The zero-order valence-corrected chi connectivity index (χ0v) is 9.43. The molecule has 1 saturated heterocycles. The molecule has 0 bridgehead atoms. The van der Waals surface area contributed by atoms with Gasteiger partial charge in [-0.05, 0) is 13.0 Å². The summed E-state index contributed by atoms with van der Waals surface area (Å²) in [6, 6.07) is 1.54. The van der Waals surface area contributed by atoms with Gasteiger partial charge in [0.1, 0.15) is 12.0 Å². The summed E-state index contributed by atoms with van der Waals surface area (Å²) >= 11 is 0. The fraction of sp³-hybridized carbons (Fsp3) is 0.545. The first-order chi connectivity index (χ1) is 7.59. The largest absolute Gasteiger partial charge is 0.469 e. The molecule has 0 aliphatic carbocycles. The van der Waals surface area contributed by atoms with Gasteiger partial charge in [0.25, 0.3) is 5.91 Å². The Morgan fingerprint density at radius 2 is 2.38 bits per heavy atom. The predicted molar refractivity (Wildman–Crippen MR) is 58.2 cm³/mol. The quantitative estimate of drug-likeness (QED) is 0.741. The van der Waals surface area contributed by atoms with Crippen LogP contribution in [0.4, 0.5) is 0 Å². The van der Waals surface area contributed by atoms with Gasteiger partial charge in [-0.25, -0.2) is 0 Å². The minimum absolute atomic E-state index is 0.121. The van der Waals surface area contributed by atoms with Gasteiger partial charge in [0.2, 0.25) is 0 Å². The molecule has 0 radical (unpaired) electrons. The van der Waals surface area contributed by atoms with Gasteiger partial charge in [-0.3, -0.25) is 4.79 Å². The van der Waals surface area contributed by atoms with Gasteiger partial charge in [0, 0.05) is 20.1 Å². The molecule has 0 unspecified atom stereocenters. The number of carbonyl (C=O) groups is 1. The number of nitrogens with one attached hydrogen (secondary N) is 1. The van der Waals surface area contributed by atoms with Crippen molar-refractivity contribution < 1.29 is 14.3 Å². The fourth-order valence-electron chi connectivity index (χ4n) is 1.96. The molecule has 1 fully saturated rings. The molecule has 2 atom stereocenters. The first-order valence-electron chi connectivity index (χ1n) is 5.30. The number of carbonyl (C=O) groups excluding carboxylic acids is 1. The van der Waals surface area contributed by atoms with E-state index in [4.69, 9.17) is 4.42 Å². The number of aliphatic hydroxyl groups excluding tert-OH is 1. The lowest BCUT2D eigenvalue weighted by Crippen LogP contribution is -2.44. The summed E-state index contributed by atoms with van der Waals surface area (Å²) in [7, 11) is 1.70. The number of β-amino-alcohol motifs (C(OH)–C–C–N with tert-alkyl or cyclic N) is 1. The SMILES string of the molecule is Cc1cc(C(=O)N(C)[C@H]2CNC[C@@H]2O)co1. The van der Waals surface area contributed by atoms with E-state index in [1.807, 2.05) is 0 Å². The highest BCUT2D eigenvalue weighted by molar-refractivity contribution is 5.94. The Balaban J connectivity index is 2.10. The summed E-state index contributed by atoms with van der Waals surface area (Å²) in [5.41, 5.74) is 0.527. The van der Waals surface area contributed by atoms with E-state index in [-0.39, 0.29) is 11.9 Å². The molecule has 0 aromatic carbocycles. The van der Waals surface area contributed by atoms with Crippen LogP contribution in [0, 0.1) is 6.92 Å². The summed E-state index contributed by atoms with van der Waals surface area (Å²) in [6.07, 6.45) is 0.949. The topological polar surface area (TPSA) is 65.7 Å². The Morgan fingerprint density at radius 1 is 1.62 bits per heavy atom. The predicted octanol–water partition coefficient (Wildman–Crippen LogP) is -0.00728. The Hall–Kier alpha value is -1.33. The van der Waals surface area contributed by atoms with Crippen molar-refractivity contribution >= 4 is 5.91 Å². The van der Waals surface area contributed by atoms with Crippen LogP contribution < -0.4 is 5.32 Å². The molecule has 1 amide bonds. The minimum atomic E-state index is -0.498. The summed E-state index contributed by atoms with van der Waals surface area (Å²) in [6.45, 7) is 2.95. The standard InChI is InChI=1S/C11H16N2O3/c1-7-3-8(6-16-7)11(15)13(2)9-4-12-5-10(9)14/h3,6,9-10,12,14H,4-5H2,1-2H3/t9-,10-/m0/s1. The summed E-state index contributed by atoms with van der Waals surface area (Å²) in [5.74, 6) is 0.589. The highest BCUT2D eigenvalue weighted by atomic mass is 16.3. The van der Waals surface area contributed by atoms with Gasteiger partial charge in [0.05, 0.1) is 17.7 Å². The fourth-order valence-corrected chi connectivity index (χ4v) is 1.96. The summed E-state index contributed by atoms with van der Waals surface area (Å²) in [4.78, 5) is 13.6. The molecule has 2 rings (SSSR count). The lowest BCUT2D eigenvalue weighted by Gasteiger charge is -2.25. The normalized spacial score (nSPS) is 24.7. The Labute approximate surface area is 94.0 Å². The number of furan rings is 1. The number of aliphatic hydroxyl groups is 1. The van der Waals surface area contributed by atoms with Crippen molar-refractivity contribution in [2.24, 2.45) is 0 Å². The summed E-state index contributed by atoms with van der Waals surface area (Å²) < 4.78 is 5.10. The number of nitrogens with zero attached hydrogens (tertiary/aromatic N) is 1. The van der Waals surface area contributed by atoms with Gasteiger partial charge in [-0.1, -0.05) is 0 Å². The number of rotatable bonds is 2. The van der Waals surface area contributed by atoms with Gasteiger partial charge in [-0.2, -0.15) is 0 Å². The molecule has 88 valence electrons. The van der Waals surface area contributed by atoms with Crippen LogP contribution in [0.5, 0.6) is 0 Å². The van der Waals surface area contributed by atoms with Crippen LogP contribution in [0.15, 0.2) is 16.7 Å². The third-order valence-electron chi connectivity index (χ3n) is 2.95. The smallest absolute Gasteiger partial charge is 0.257 e. The molecule has 1 aliphatic heterocycles. The number of aryl methyl sites for hydroxylation is 1. The van der Waals surface area contributed by atoms with Crippen LogP contribution in [0.25, 0.3) is 0 Å².